The molecule has 19 heavy (non-hydrogen) atoms. The molecule has 5 nitrogen and oxygen atoms in total. The van der Waals surface area contributed by atoms with Crippen LogP contribution in [0.4, 0.5) is 0 Å². The van der Waals surface area contributed by atoms with E-state index in [9.17, 15) is 14.7 Å². The monoisotopic (exact) mass is 272 g/mol. The Morgan fingerprint density at radius 2 is 2.11 bits per heavy atom. The lowest BCUT2D eigenvalue weighted by Gasteiger charge is -2.13. The predicted octanol–water partition coefficient (Wildman–Crippen LogP) is 1.61. The Labute approximate surface area is 114 Å². The lowest BCUT2D eigenvalue weighted by atomic mass is 10.1. The Balaban J connectivity index is 2.22. The smallest absolute Gasteiger partial charge is 0.306 e. The molecule has 0 bridgehead atoms. The molecule has 5 heteroatoms. The largest absolute Gasteiger partial charge is 0.466 e. The van der Waals surface area contributed by atoms with Gasteiger partial charge in [-0.2, -0.15) is 0 Å². The molecule has 1 rings (SSSR count). The van der Waals surface area contributed by atoms with Crippen LogP contribution in [-0.2, 0) is 19.1 Å². The van der Waals surface area contributed by atoms with Crippen molar-refractivity contribution in [3.63, 3.8) is 0 Å². The van der Waals surface area contributed by atoms with Gasteiger partial charge in [-0.3, -0.25) is 9.59 Å². The molecule has 0 saturated carbocycles. The van der Waals surface area contributed by atoms with E-state index < -0.39 is 0 Å². The molecule has 0 aromatic carbocycles. The van der Waals surface area contributed by atoms with Crippen molar-refractivity contribution in [3.8, 4) is 0 Å². The van der Waals surface area contributed by atoms with E-state index in [0.717, 1.165) is 12.8 Å². The maximum atomic E-state index is 11.9. The molecule has 110 valence electrons. The van der Waals surface area contributed by atoms with E-state index in [0.29, 0.717) is 19.4 Å². The molecule has 0 radical (unpaired) electrons. The number of esters is 1. The fraction of sp³-hybridized carbons (Fsp3) is 0.857. The SMILES string of the molecule is CCOC(=O)CCC(=O)C1CCC(CCC(C)O)O1. The van der Waals surface area contributed by atoms with Crippen LogP contribution in [0, 0.1) is 0 Å². The molecule has 3 unspecified atom stereocenters. The van der Waals surface area contributed by atoms with Crippen molar-refractivity contribution in [2.24, 2.45) is 0 Å². The Morgan fingerprint density at radius 1 is 1.37 bits per heavy atom. The van der Waals surface area contributed by atoms with E-state index in [2.05, 4.69) is 0 Å². The maximum absolute atomic E-state index is 11.9. The Kier molecular flexibility index (Phi) is 7.02. The highest BCUT2D eigenvalue weighted by Crippen LogP contribution is 2.25. The van der Waals surface area contributed by atoms with E-state index >= 15 is 0 Å². The van der Waals surface area contributed by atoms with Gasteiger partial charge in [0.25, 0.3) is 0 Å². The van der Waals surface area contributed by atoms with Gasteiger partial charge < -0.3 is 14.6 Å². The first kappa shape index (κ1) is 16.1. The summed E-state index contributed by atoms with van der Waals surface area (Å²) in [6.07, 6.45) is 2.70. The summed E-state index contributed by atoms with van der Waals surface area (Å²) in [7, 11) is 0. The van der Waals surface area contributed by atoms with Crippen molar-refractivity contribution in [2.75, 3.05) is 6.61 Å². The number of carbonyl (C=O) groups is 2. The zero-order chi connectivity index (χ0) is 14.3. The fourth-order valence-corrected chi connectivity index (χ4v) is 2.20. The van der Waals surface area contributed by atoms with Crippen LogP contribution in [0.25, 0.3) is 0 Å². The van der Waals surface area contributed by atoms with Crippen molar-refractivity contribution in [1.29, 1.82) is 0 Å². The second-order valence-corrected chi connectivity index (χ2v) is 5.02. The Hall–Kier alpha value is -0.940. The topological polar surface area (TPSA) is 72.8 Å². The fourth-order valence-electron chi connectivity index (χ4n) is 2.20. The third-order valence-electron chi connectivity index (χ3n) is 3.25. The van der Waals surface area contributed by atoms with E-state index in [4.69, 9.17) is 9.47 Å². The van der Waals surface area contributed by atoms with Crippen molar-refractivity contribution >= 4 is 11.8 Å². The number of aliphatic hydroxyl groups is 1. The molecule has 1 fully saturated rings. The number of ketones is 1. The average molecular weight is 272 g/mol. The first-order chi connectivity index (χ1) is 9.02. The number of aliphatic hydroxyl groups excluding tert-OH is 1. The minimum Gasteiger partial charge on any atom is -0.466 e. The molecule has 0 amide bonds. The van der Waals surface area contributed by atoms with Crippen molar-refractivity contribution in [2.45, 2.75) is 70.7 Å². The maximum Gasteiger partial charge on any atom is 0.306 e. The van der Waals surface area contributed by atoms with Crippen LogP contribution in [0.5, 0.6) is 0 Å². The molecule has 0 spiro atoms. The normalized spacial score (nSPS) is 24.2. The Bertz CT molecular complexity index is 300. The van der Waals surface area contributed by atoms with Crippen LogP contribution >= 0.6 is 0 Å². The summed E-state index contributed by atoms with van der Waals surface area (Å²) in [5, 5.41) is 9.21. The Morgan fingerprint density at radius 3 is 2.74 bits per heavy atom. The highest BCUT2D eigenvalue weighted by atomic mass is 16.5. The molecular formula is C14H24O5. The molecular weight excluding hydrogens is 248 g/mol. The molecule has 1 aliphatic heterocycles. The van der Waals surface area contributed by atoms with Crippen molar-refractivity contribution in [1.82, 2.24) is 0 Å². The van der Waals surface area contributed by atoms with Crippen LogP contribution in [-0.4, -0.2) is 41.8 Å². The van der Waals surface area contributed by atoms with Gasteiger partial charge in [0.15, 0.2) is 5.78 Å². The van der Waals surface area contributed by atoms with E-state index in [1.165, 1.54) is 0 Å². The molecule has 1 aliphatic rings. The third kappa shape index (κ3) is 6.16. The molecule has 3 atom stereocenters. The quantitative estimate of drug-likeness (QED) is 0.680. The van der Waals surface area contributed by atoms with E-state index in [-0.39, 0.29) is 42.9 Å². The number of hydrogen-bond acceptors (Lipinski definition) is 5. The summed E-state index contributed by atoms with van der Waals surface area (Å²) in [5.41, 5.74) is 0. The molecule has 0 aliphatic carbocycles. The molecule has 0 aromatic heterocycles. The third-order valence-corrected chi connectivity index (χ3v) is 3.25. The summed E-state index contributed by atoms with van der Waals surface area (Å²) in [5.74, 6) is -0.355. The first-order valence-corrected chi connectivity index (χ1v) is 7.04. The summed E-state index contributed by atoms with van der Waals surface area (Å²) in [4.78, 5) is 23.0. The second kappa shape index (κ2) is 8.27. The van der Waals surface area contributed by atoms with E-state index in [1.807, 2.05) is 0 Å². The molecule has 1 heterocycles. The van der Waals surface area contributed by atoms with Gasteiger partial charge in [-0.05, 0) is 39.5 Å². The second-order valence-electron chi connectivity index (χ2n) is 5.02. The minimum absolute atomic E-state index is 0.0207. The van der Waals surface area contributed by atoms with Gasteiger partial charge in [-0.25, -0.2) is 0 Å². The highest BCUT2D eigenvalue weighted by Gasteiger charge is 2.30. The van der Waals surface area contributed by atoms with Gasteiger partial charge >= 0.3 is 5.97 Å². The minimum atomic E-state index is -0.381. The molecule has 1 N–H and O–H groups in total. The first-order valence-electron chi connectivity index (χ1n) is 7.04. The van der Waals surface area contributed by atoms with Gasteiger partial charge in [0, 0.05) is 6.42 Å². The standard InChI is InChI=1S/C14H24O5/c1-3-18-14(17)9-7-12(16)13-8-6-11(19-13)5-4-10(2)15/h10-11,13,15H,3-9H2,1-2H3. The van der Waals surface area contributed by atoms with Crippen molar-refractivity contribution in [3.05, 3.63) is 0 Å². The van der Waals surface area contributed by atoms with E-state index in [1.54, 1.807) is 13.8 Å². The van der Waals surface area contributed by atoms with Gasteiger partial charge in [-0.15, -0.1) is 0 Å². The summed E-state index contributed by atoms with van der Waals surface area (Å²) in [6, 6.07) is 0. The van der Waals surface area contributed by atoms with Gasteiger partial charge in [0.2, 0.25) is 0 Å². The summed E-state index contributed by atoms with van der Waals surface area (Å²) < 4.78 is 10.4. The van der Waals surface area contributed by atoms with Crippen LogP contribution < -0.4 is 0 Å². The number of hydrogen-bond donors (Lipinski definition) is 1. The molecule has 0 aromatic rings. The number of ether oxygens (including phenoxy) is 2. The van der Waals surface area contributed by atoms with Crippen LogP contribution in [0.2, 0.25) is 0 Å². The average Bonchev–Trinajstić information content (AvgIpc) is 2.82. The van der Waals surface area contributed by atoms with Crippen LogP contribution in [0.15, 0.2) is 0 Å². The number of Topliss-reactive ketones (excluding diaryl/α,β-unsaturated/α-hetero) is 1. The number of rotatable bonds is 8. The number of carbonyl (C=O) groups excluding carboxylic acids is 2. The molecule has 1 saturated heterocycles. The summed E-state index contributed by atoms with van der Waals surface area (Å²) in [6.45, 7) is 3.83. The van der Waals surface area contributed by atoms with Crippen LogP contribution in [0.3, 0.4) is 0 Å². The van der Waals surface area contributed by atoms with Crippen molar-refractivity contribution < 1.29 is 24.2 Å². The highest BCUT2D eigenvalue weighted by molar-refractivity contribution is 5.86. The lowest BCUT2D eigenvalue weighted by Crippen LogP contribution is -2.22. The van der Waals surface area contributed by atoms with Crippen LogP contribution in [0.1, 0.15) is 52.4 Å². The van der Waals surface area contributed by atoms with Gasteiger partial charge in [0.1, 0.15) is 6.10 Å². The van der Waals surface area contributed by atoms with Gasteiger partial charge in [-0.1, -0.05) is 0 Å². The lowest BCUT2D eigenvalue weighted by molar-refractivity contribution is -0.145. The zero-order valence-corrected chi connectivity index (χ0v) is 11.8. The predicted molar refractivity (Wildman–Crippen MR) is 69.7 cm³/mol. The zero-order valence-electron chi connectivity index (χ0n) is 11.8. The summed E-state index contributed by atoms with van der Waals surface area (Å²) >= 11 is 0. The van der Waals surface area contributed by atoms with Gasteiger partial charge in [0.05, 0.1) is 25.2 Å².